The molecule has 0 atom stereocenters. The fourth-order valence-electron chi connectivity index (χ4n) is 3.90. The Balaban J connectivity index is 1.29. The molecule has 1 saturated heterocycles. The molecule has 0 unspecified atom stereocenters. The quantitative estimate of drug-likeness (QED) is 0.423. The van der Waals surface area contributed by atoms with E-state index in [1.165, 1.54) is 24.3 Å². The molecule has 0 radical (unpaired) electrons. The number of anilines is 1. The molecule has 13 heteroatoms. The second-order valence-corrected chi connectivity index (χ2v) is 8.38. The van der Waals surface area contributed by atoms with Gasteiger partial charge >= 0.3 is 6.36 Å². The number of aliphatic hydroxyl groups excluding tert-OH is 1. The number of alkyl halides is 3. The number of aryl methyl sites for hydroxylation is 1. The summed E-state index contributed by atoms with van der Waals surface area (Å²) in [6, 6.07) is 9.04. The lowest BCUT2D eigenvalue weighted by atomic mass is 10.1. The molecule has 5 rings (SSSR count). The zero-order valence-electron chi connectivity index (χ0n) is 19.2. The van der Waals surface area contributed by atoms with Crippen LogP contribution in [0.5, 0.6) is 5.75 Å². The molecule has 4 heterocycles. The Labute approximate surface area is 203 Å². The number of aromatic nitrogens is 6. The molecule has 1 aliphatic heterocycles. The molecule has 0 aliphatic carbocycles. The van der Waals surface area contributed by atoms with E-state index in [9.17, 15) is 18.3 Å². The smallest absolute Gasteiger partial charge is 0.406 e. The molecule has 4 aromatic rings. The van der Waals surface area contributed by atoms with Gasteiger partial charge in [-0.2, -0.15) is 4.98 Å². The molecule has 0 spiro atoms. The topological polar surface area (TPSA) is 115 Å². The number of piperidine rings is 1. The van der Waals surface area contributed by atoms with Crippen molar-refractivity contribution in [3.8, 4) is 28.9 Å². The summed E-state index contributed by atoms with van der Waals surface area (Å²) < 4.78 is 47.9. The van der Waals surface area contributed by atoms with Crippen LogP contribution in [0.15, 0.2) is 47.1 Å². The van der Waals surface area contributed by atoms with E-state index in [4.69, 9.17) is 4.52 Å². The summed E-state index contributed by atoms with van der Waals surface area (Å²) in [5, 5.41) is 18.1. The van der Waals surface area contributed by atoms with Gasteiger partial charge in [-0.1, -0.05) is 5.16 Å². The predicted molar refractivity (Wildman–Crippen MR) is 121 cm³/mol. The molecular formula is C23H22F3N7O3. The van der Waals surface area contributed by atoms with Crippen LogP contribution in [0.25, 0.3) is 23.1 Å². The van der Waals surface area contributed by atoms with Crippen molar-refractivity contribution in [1.29, 1.82) is 0 Å². The van der Waals surface area contributed by atoms with Gasteiger partial charge in [-0.05, 0) is 61.7 Å². The molecule has 36 heavy (non-hydrogen) atoms. The highest BCUT2D eigenvalue weighted by molar-refractivity contribution is 5.57. The normalized spacial score (nSPS) is 14.9. The van der Waals surface area contributed by atoms with Crippen molar-refractivity contribution in [3.63, 3.8) is 0 Å². The van der Waals surface area contributed by atoms with E-state index in [1.54, 1.807) is 17.8 Å². The number of nitrogens with zero attached hydrogens (tertiary/aromatic N) is 7. The number of halogens is 3. The fraction of sp³-hybridized carbons (Fsp3) is 0.348. The first-order chi connectivity index (χ1) is 17.2. The third-order valence-corrected chi connectivity index (χ3v) is 5.75. The molecule has 0 bridgehead atoms. The molecule has 1 fully saturated rings. The maximum absolute atomic E-state index is 12.4. The van der Waals surface area contributed by atoms with Gasteiger partial charge in [-0.3, -0.25) is 0 Å². The number of benzene rings is 1. The third kappa shape index (κ3) is 5.46. The predicted octanol–water partition coefficient (Wildman–Crippen LogP) is 3.61. The van der Waals surface area contributed by atoms with Crippen LogP contribution in [0.2, 0.25) is 0 Å². The highest BCUT2D eigenvalue weighted by Gasteiger charge is 2.31. The molecule has 3 aromatic heterocycles. The average molecular weight is 501 g/mol. The molecule has 0 amide bonds. The minimum absolute atomic E-state index is 0.0877. The van der Waals surface area contributed by atoms with Gasteiger partial charge in [0.25, 0.3) is 5.89 Å². The van der Waals surface area contributed by atoms with E-state index in [0.717, 1.165) is 37.3 Å². The van der Waals surface area contributed by atoms with Crippen LogP contribution in [0, 0.1) is 6.92 Å². The van der Waals surface area contributed by atoms with Crippen LogP contribution in [0.4, 0.5) is 19.0 Å². The Morgan fingerprint density at radius 1 is 1.08 bits per heavy atom. The van der Waals surface area contributed by atoms with Gasteiger partial charge in [0.05, 0.1) is 12.6 Å². The van der Waals surface area contributed by atoms with Crippen molar-refractivity contribution < 1.29 is 27.5 Å². The van der Waals surface area contributed by atoms with Gasteiger partial charge in [0.1, 0.15) is 17.4 Å². The van der Waals surface area contributed by atoms with Gasteiger partial charge in [-0.15, -0.1) is 18.3 Å². The molecular weight excluding hydrogens is 479 g/mol. The number of ether oxygens (including phenoxy) is 1. The van der Waals surface area contributed by atoms with Crippen molar-refractivity contribution >= 4 is 5.82 Å². The zero-order chi connectivity index (χ0) is 25.3. The summed E-state index contributed by atoms with van der Waals surface area (Å²) in [6.07, 6.45) is -1.84. The number of hydrogen-bond donors (Lipinski definition) is 1. The van der Waals surface area contributed by atoms with E-state index in [1.807, 2.05) is 12.1 Å². The van der Waals surface area contributed by atoms with Crippen LogP contribution < -0.4 is 9.64 Å². The summed E-state index contributed by atoms with van der Waals surface area (Å²) >= 11 is 0. The number of pyridine rings is 1. The summed E-state index contributed by atoms with van der Waals surface area (Å²) in [4.78, 5) is 15.3. The van der Waals surface area contributed by atoms with Gasteiger partial charge in [0, 0.05) is 24.8 Å². The minimum atomic E-state index is -4.77. The first-order valence-electron chi connectivity index (χ1n) is 11.2. The summed E-state index contributed by atoms with van der Waals surface area (Å²) in [7, 11) is 0. The Morgan fingerprint density at radius 2 is 1.83 bits per heavy atom. The van der Waals surface area contributed by atoms with Crippen LogP contribution in [0.1, 0.15) is 24.2 Å². The average Bonchev–Trinajstić information content (AvgIpc) is 3.47. The Kier molecular flexibility index (Phi) is 6.31. The Hall–Kier alpha value is -4.00. The summed E-state index contributed by atoms with van der Waals surface area (Å²) in [6.45, 7) is 3.76. The van der Waals surface area contributed by atoms with E-state index in [-0.39, 0.29) is 29.4 Å². The molecule has 1 N–H and O–H groups in total. The molecule has 10 nitrogen and oxygen atoms in total. The number of aliphatic hydroxyl groups is 1. The Bertz CT molecular complexity index is 1330. The zero-order valence-corrected chi connectivity index (χ0v) is 19.2. The van der Waals surface area contributed by atoms with Crippen LogP contribution in [-0.2, 0) is 6.54 Å². The molecule has 188 valence electrons. The van der Waals surface area contributed by atoms with E-state index < -0.39 is 6.36 Å². The monoisotopic (exact) mass is 501 g/mol. The lowest BCUT2D eigenvalue weighted by Gasteiger charge is -2.30. The fourth-order valence-corrected chi connectivity index (χ4v) is 3.90. The van der Waals surface area contributed by atoms with E-state index in [2.05, 4.69) is 34.8 Å². The van der Waals surface area contributed by atoms with Crippen LogP contribution in [-0.4, -0.2) is 60.6 Å². The lowest BCUT2D eigenvalue weighted by molar-refractivity contribution is -0.274. The first-order valence-corrected chi connectivity index (χ1v) is 11.2. The Morgan fingerprint density at radius 3 is 2.56 bits per heavy atom. The maximum atomic E-state index is 12.4. The lowest BCUT2D eigenvalue weighted by Crippen LogP contribution is -2.36. The third-order valence-electron chi connectivity index (χ3n) is 5.75. The van der Waals surface area contributed by atoms with E-state index >= 15 is 0 Å². The first kappa shape index (κ1) is 23.7. The second-order valence-electron chi connectivity index (χ2n) is 8.38. The van der Waals surface area contributed by atoms with Gasteiger partial charge in [0.15, 0.2) is 0 Å². The highest BCUT2D eigenvalue weighted by Crippen LogP contribution is 2.26. The van der Waals surface area contributed by atoms with Crippen LogP contribution >= 0.6 is 0 Å². The standard InChI is InChI=1S/C23H22F3N7O3/c1-14-28-21(22-29-20(31-36-22)16-2-4-18(5-3-16)35-23(24,25)26)30-33(14)13-15-6-9-27-19(12-15)32-10-7-17(34)8-11-32/h2-6,9,12,17,34H,7-8,10-11,13H2,1H3. The molecule has 1 aromatic carbocycles. The van der Waals surface area contributed by atoms with Crippen molar-refractivity contribution in [2.75, 3.05) is 18.0 Å². The summed E-state index contributed by atoms with van der Waals surface area (Å²) in [5.41, 5.74) is 1.43. The number of hydrogen-bond acceptors (Lipinski definition) is 9. The molecule has 0 saturated carbocycles. The van der Waals surface area contributed by atoms with Crippen molar-refractivity contribution in [2.24, 2.45) is 0 Å². The van der Waals surface area contributed by atoms with Gasteiger partial charge < -0.3 is 19.3 Å². The minimum Gasteiger partial charge on any atom is -0.406 e. The largest absolute Gasteiger partial charge is 0.573 e. The summed E-state index contributed by atoms with van der Waals surface area (Å²) in [5.74, 6) is 1.65. The van der Waals surface area contributed by atoms with Crippen LogP contribution in [0.3, 0.4) is 0 Å². The molecule has 1 aliphatic rings. The SMILES string of the molecule is Cc1nc(-c2nc(-c3ccc(OC(F)(F)F)cc3)no2)nn1Cc1ccnc(N2CCC(O)CC2)c1. The maximum Gasteiger partial charge on any atom is 0.573 e. The van der Waals surface area contributed by atoms with Gasteiger partial charge in [-0.25, -0.2) is 14.6 Å². The van der Waals surface area contributed by atoms with Crippen molar-refractivity contribution in [1.82, 2.24) is 29.9 Å². The van der Waals surface area contributed by atoms with Gasteiger partial charge in [0.2, 0.25) is 11.6 Å². The number of rotatable bonds is 6. The second kappa shape index (κ2) is 9.57. The van der Waals surface area contributed by atoms with E-state index in [0.29, 0.717) is 17.9 Å². The van der Waals surface area contributed by atoms with Crippen molar-refractivity contribution in [2.45, 2.75) is 38.8 Å². The highest BCUT2D eigenvalue weighted by atomic mass is 19.4. The van der Waals surface area contributed by atoms with Crippen molar-refractivity contribution in [3.05, 3.63) is 54.0 Å².